The molecule has 11 heteroatoms. The van der Waals surface area contributed by atoms with Crippen LogP contribution in [-0.2, 0) is 11.3 Å². The van der Waals surface area contributed by atoms with Gasteiger partial charge in [-0.3, -0.25) is 9.59 Å². The molecular weight excluding hydrogens is 549 g/mol. The molecular formula is C22H20BrCl2N5O2S. The lowest BCUT2D eigenvalue weighted by Gasteiger charge is -2.16. The predicted octanol–water partition coefficient (Wildman–Crippen LogP) is 5.76. The summed E-state index contributed by atoms with van der Waals surface area (Å²) in [5.74, 6) is 0.146. The van der Waals surface area contributed by atoms with E-state index in [4.69, 9.17) is 23.2 Å². The summed E-state index contributed by atoms with van der Waals surface area (Å²) in [6.45, 7) is 5.99. The first kappa shape index (κ1) is 25.3. The third-order valence-corrected chi connectivity index (χ3v) is 6.47. The Balaban J connectivity index is 1.67. The summed E-state index contributed by atoms with van der Waals surface area (Å²) in [6, 6.07) is 11.5. The van der Waals surface area contributed by atoms with Crippen molar-refractivity contribution in [1.29, 1.82) is 0 Å². The van der Waals surface area contributed by atoms with E-state index in [9.17, 15) is 9.59 Å². The monoisotopic (exact) mass is 567 g/mol. The molecule has 33 heavy (non-hydrogen) atoms. The van der Waals surface area contributed by atoms with Gasteiger partial charge >= 0.3 is 0 Å². The summed E-state index contributed by atoms with van der Waals surface area (Å²) in [5, 5.41) is 15.4. The smallest absolute Gasteiger partial charge is 0.253 e. The third-order valence-electron chi connectivity index (χ3n) is 4.43. The molecule has 172 valence electrons. The molecule has 3 rings (SSSR count). The number of carbonyl (C=O) groups excluding carboxylic acids is 2. The number of allylic oxidation sites excluding steroid dienone is 1. The van der Waals surface area contributed by atoms with Gasteiger partial charge in [-0.15, -0.1) is 16.8 Å². The molecule has 0 bridgehead atoms. The number of aromatic nitrogens is 3. The van der Waals surface area contributed by atoms with E-state index in [1.54, 1.807) is 29.7 Å². The average Bonchev–Trinajstić information content (AvgIpc) is 3.17. The fourth-order valence-electron chi connectivity index (χ4n) is 2.90. The number of anilines is 1. The van der Waals surface area contributed by atoms with E-state index in [0.29, 0.717) is 33.8 Å². The SMILES string of the molecule is C=CCn1c(SCC(=O)Nc2ccc(Br)cc2)nnc1[C@@H](C)NC(=O)c1ccc(Cl)cc1Cl. The molecule has 2 N–H and O–H groups in total. The molecule has 0 radical (unpaired) electrons. The predicted molar refractivity (Wildman–Crippen MR) is 136 cm³/mol. The molecule has 0 aliphatic carbocycles. The van der Waals surface area contributed by atoms with Crippen LogP contribution in [0.15, 0.2) is 64.7 Å². The lowest BCUT2D eigenvalue weighted by Crippen LogP contribution is -2.29. The fourth-order valence-corrected chi connectivity index (χ4v) is 4.41. The van der Waals surface area contributed by atoms with Gasteiger partial charge in [-0.05, 0) is 49.4 Å². The number of carbonyl (C=O) groups is 2. The number of thioether (sulfide) groups is 1. The Bertz CT molecular complexity index is 1170. The van der Waals surface area contributed by atoms with Gasteiger partial charge in [-0.1, -0.05) is 57.0 Å². The molecule has 3 aromatic rings. The molecule has 2 aromatic carbocycles. The summed E-state index contributed by atoms with van der Waals surface area (Å²) in [7, 11) is 0. The molecule has 0 fully saturated rings. The van der Waals surface area contributed by atoms with E-state index in [0.717, 1.165) is 4.47 Å². The highest BCUT2D eigenvalue weighted by Crippen LogP contribution is 2.24. The zero-order chi connectivity index (χ0) is 24.0. The van der Waals surface area contributed by atoms with Crippen LogP contribution in [0.25, 0.3) is 0 Å². The number of hydrogen-bond donors (Lipinski definition) is 2. The van der Waals surface area contributed by atoms with E-state index in [1.165, 1.54) is 17.8 Å². The molecule has 2 amide bonds. The number of amides is 2. The van der Waals surface area contributed by atoms with Gasteiger partial charge in [-0.25, -0.2) is 0 Å². The van der Waals surface area contributed by atoms with Gasteiger partial charge in [0.25, 0.3) is 5.91 Å². The zero-order valence-corrected chi connectivity index (χ0v) is 21.4. The molecule has 1 aromatic heterocycles. The Hall–Kier alpha value is -2.33. The first-order chi connectivity index (χ1) is 15.8. The van der Waals surface area contributed by atoms with Crippen LogP contribution < -0.4 is 10.6 Å². The van der Waals surface area contributed by atoms with Crippen LogP contribution in [-0.4, -0.2) is 32.3 Å². The Morgan fingerprint density at radius 1 is 1.21 bits per heavy atom. The van der Waals surface area contributed by atoms with Crippen molar-refractivity contribution < 1.29 is 9.59 Å². The Labute approximate surface area is 214 Å². The maximum absolute atomic E-state index is 12.7. The van der Waals surface area contributed by atoms with Gasteiger partial charge in [-0.2, -0.15) is 0 Å². The summed E-state index contributed by atoms with van der Waals surface area (Å²) in [5.41, 5.74) is 1.01. The molecule has 0 aliphatic heterocycles. The second kappa shape index (κ2) is 11.7. The van der Waals surface area contributed by atoms with Crippen LogP contribution in [0, 0.1) is 0 Å². The van der Waals surface area contributed by atoms with Crippen molar-refractivity contribution in [2.24, 2.45) is 0 Å². The van der Waals surface area contributed by atoms with Gasteiger partial charge in [0.15, 0.2) is 11.0 Å². The second-order valence-electron chi connectivity index (χ2n) is 6.90. The van der Waals surface area contributed by atoms with Crippen LogP contribution in [0.3, 0.4) is 0 Å². The summed E-state index contributed by atoms with van der Waals surface area (Å²) >= 11 is 16.7. The topological polar surface area (TPSA) is 88.9 Å². The fraction of sp³-hybridized carbons (Fsp3) is 0.182. The minimum atomic E-state index is -0.470. The van der Waals surface area contributed by atoms with E-state index in [2.05, 4.69) is 43.3 Å². The number of halogens is 3. The van der Waals surface area contributed by atoms with Crippen molar-refractivity contribution in [3.63, 3.8) is 0 Å². The minimum absolute atomic E-state index is 0.145. The third kappa shape index (κ3) is 6.83. The first-order valence-electron chi connectivity index (χ1n) is 9.76. The van der Waals surface area contributed by atoms with E-state index >= 15 is 0 Å². The van der Waals surface area contributed by atoms with Gasteiger partial charge in [0, 0.05) is 21.7 Å². The van der Waals surface area contributed by atoms with Crippen LogP contribution in [0.2, 0.25) is 10.0 Å². The molecule has 7 nitrogen and oxygen atoms in total. The zero-order valence-electron chi connectivity index (χ0n) is 17.5. The maximum atomic E-state index is 12.7. The summed E-state index contributed by atoms with van der Waals surface area (Å²) in [4.78, 5) is 25.0. The van der Waals surface area contributed by atoms with Crippen molar-refractivity contribution in [1.82, 2.24) is 20.1 Å². The highest BCUT2D eigenvalue weighted by molar-refractivity contribution is 9.10. The quantitative estimate of drug-likeness (QED) is 0.253. The maximum Gasteiger partial charge on any atom is 0.253 e. The Morgan fingerprint density at radius 3 is 2.61 bits per heavy atom. The Morgan fingerprint density at radius 2 is 1.94 bits per heavy atom. The Kier molecular flexibility index (Phi) is 8.96. The van der Waals surface area contributed by atoms with Crippen molar-refractivity contribution in [3.05, 3.63) is 81.0 Å². The molecule has 1 atom stereocenters. The summed E-state index contributed by atoms with van der Waals surface area (Å²) in [6.07, 6.45) is 1.70. The number of nitrogens with zero attached hydrogens (tertiary/aromatic N) is 3. The minimum Gasteiger partial charge on any atom is -0.342 e. The lowest BCUT2D eigenvalue weighted by molar-refractivity contribution is -0.113. The van der Waals surface area contributed by atoms with Crippen LogP contribution in [0.4, 0.5) is 5.69 Å². The largest absolute Gasteiger partial charge is 0.342 e. The molecule has 0 saturated carbocycles. The van der Waals surface area contributed by atoms with Crippen LogP contribution in [0.1, 0.15) is 29.1 Å². The van der Waals surface area contributed by atoms with Crippen LogP contribution in [0.5, 0.6) is 0 Å². The van der Waals surface area contributed by atoms with Gasteiger partial charge in [0.05, 0.1) is 22.4 Å². The van der Waals surface area contributed by atoms with Crippen LogP contribution >= 0.6 is 50.9 Å². The second-order valence-corrected chi connectivity index (χ2v) is 9.60. The lowest BCUT2D eigenvalue weighted by atomic mass is 10.2. The van der Waals surface area contributed by atoms with Gasteiger partial charge in [0.2, 0.25) is 5.91 Å². The number of rotatable bonds is 9. The molecule has 0 saturated heterocycles. The summed E-state index contributed by atoms with van der Waals surface area (Å²) < 4.78 is 2.73. The molecule has 1 heterocycles. The van der Waals surface area contributed by atoms with Crippen molar-refractivity contribution >= 4 is 68.4 Å². The van der Waals surface area contributed by atoms with E-state index in [-0.39, 0.29) is 22.6 Å². The number of hydrogen-bond acceptors (Lipinski definition) is 5. The van der Waals surface area contributed by atoms with E-state index in [1.807, 2.05) is 24.3 Å². The first-order valence-corrected chi connectivity index (χ1v) is 12.3. The van der Waals surface area contributed by atoms with E-state index < -0.39 is 6.04 Å². The average molecular weight is 569 g/mol. The highest BCUT2D eigenvalue weighted by atomic mass is 79.9. The number of benzene rings is 2. The van der Waals surface area contributed by atoms with Crippen molar-refractivity contribution in [3.8, 4) is 0 Å². The standard InChI is InChI=1S/C22H20BrCl2N5O2S/c1-3-10-30-20(13(2)26-21(32)17-9-6-15(24)11-18(17)25)28-29-22(30)33-12-19(31)27-16-7-4-14(23)5-8-16/h3-9,11,13H,1,10,12H2,2H3,(H,26,32)(H,27,31)/t13-/m1/s1. The molecule has 0 unspecified atom stereocenters. The molecule has 0 spiro atoms. The normalized spacial score (nSPS) is 11.6. The highest BCUT2D eigenvalue weighted by Gasteiger charge is 2.21. The van der Waals surface area contributed by atoms with Gasteiger partial charge < -0.3 is 15.2 Å². The van der Waals surface area contributed by atoms with Crippen molar-refractivity contribution in [2.75, 3.05) is 11.1 Å². The molecule has 0 aliphatic rings. The van der Waals surface area contributed by atoms with Gasteiger partial charge in [0.1, 0.15) is 0 Å². The van der Waals surface area contributed by atoms with Crippen molar-refractivity contribution in [2.45, 2.75) is 24.7 Å². The number of nitrogens with one attached hydrogen (secondary N) is 2.